The summed E-state index contributed by atoms with van der Waals surface area (Å²) in [6.45, 7) is 6.26. The molecule has 1 aliphatic rings. The fourth-order valence-corrected chi connectivity index (χ4v) is 3.49. The lowest BCUT2D eigenvalue weighted by molar-refractivity contribution is 0.0617. The van der Waals surface area contributed by atoms with Crippen molar-refractivity contribution >= 4 is 10.9 Å². The quantitative estimate of drug-likeness (QED) is 0.824. The second kappa shape index (κ2) is 8.56. The van der Waals surface area contributed by atoms with E-state index >= 15 is 0 Å². The highest BCUT2D eigenvalue weighted by Gasteiger charge is 2.17. The summed E-state index contributed by atoms with van der Waals surface area (Å²) in [5.74, 6) is 0.633. The number of pyridine rings is 1. The van der Waals surface area contributed by atoms with E-state index in [0.717, 1.165) is 24.2 Å². The molecule has 0 amide bonds. The first kappa shape index (κ1) is 17.3. The van der Waals surface area contributed by atoms with Gasteiger partial charge in [0.1, 0.15) is 0 Å². The van der Waals surface area contributed by atoms with Crippen molar-refractivity contribution in [1.29, 1.82) is 0 Å². The van der Waals surface area contributed by atoms with Crippen molar-refractivity contribution in [1.82, 2.24) is 10.3 Å². The highest BCUT2D eigenvalue weighted by molar-refractivity contribution is 5.80. The molecule has 0 saturated carbocycles. The van der Waals surface area contributed by atoms with Crippen LogP contribution in [0, 0.1) is 6.92 Å². The zero-order valence-electron chi connectivity index (χ0n) is 14.8. The third-order valence-electron chi connectivity index (χ3n) is 4.83. The van der Waals surface area contributed by atoms with Gasteiger partial charge in [0.05, 0.1) is 25.3 Å². The lowest BCUT2D eigenvalue weighted by atomic mass is 9.90. The van der Waals surface area contributed by atoms with Gasteiger partial charge in [-0.3, -0.25) is 4.98 Å². The van der Waals surface area contributed by atoms with Crippen molar-refractivity contribution in [2.45, 2.75) is 38.7 Å². The lowest BCUT2D eigenvalue weighted by Gasteiger charge is -2.17. The summed E-state index contributed by atoms with van der Waals surface area (Å²) in [5, 5.41) is 4.73. The standard InChI is InChI=1S/C20H28N2O2/c1-15-19(17-4-3-8-21-9-7-17)13-18-6-5-16(12-20(18)22-15)14-24-11-10-23-2/h5-6,12-13,17,21H,3-4,7-11,14H2,1-2H3. The van der Waals surface area contributed by atoms with E-state index in [1.807, 2.05) is 0 Å². The summed E-state index contributed by atoms with van der Waals surface area (Å²) in [4.78, 5) is 4.89. The van der Waals surface area contributed by atoms with E-state index in [-0.39, 0.29) is 0 Å². The molecule has 1 saturated heterocycles. The minimum absolute atomic E-state index is 0.607. The van der Waals surface area contributed by atoms with Crippen LogP contribution in [0.4, 0.5) is 0 Å². The molecule has 4 nitrogen and oxygen atoms in total. The van der Waals surface area contributed by atoms with Crippen molar-refractivity contribution in [3.05, 3.63) is 41.1 Å². The summed E-state index contributed by atoms with van der Waals surface area (Å²) >= 11 is 0. The summed E-state index contributed by atoms with van der Waals surface area (Å²) in [7, 11) is 1.69. The third-order valence-corrected chi connectivity index (χ3v) is 4.83. The number of aromatic nitrogens is 1. The van der Waals surface area contributed by atoms with Crippen LogP contribution >= 0.6 is 0 Å². The Morgan fingerprint density at radius 3 is 2.96 bits per heavy atom. The summed E-state index contributed by atoms with van der Waals surface area (Å²) in [6, 6.07) is 8.82. The lowest BCUT2D eigenvalue weighted by Crippen LogP contribution is -2.14. The minimum atomic E-state index is 0.607. The molecule has 3 rings (SSSR count). The summed E-state index contributed by atoms with van der Waals surface area (Å²) < 4.78 is 10.6. The van der Waals surface area contributed by atoms with E-state index in [0.29, 0.717) is 25.7 Å². The molecular formula is C20H28N2O2. The molecule has 1 fully saturated rings. The zero-order valence-corrected chi connectivity index (χ0v) is 14.8. The Morgan fingerprint density at radius 1 is 1.17 bits per heavy atom. The monoisotopic (exact) mass is 328 g/mol. The molecule has 0 spiro atoms. The van der Waals surface area contributed by atoms with Gasteiger partial charge in [0.2, 0.25) is 0 Å². The van der Waals surface area contributed by atoms with Crippen LogP contribution in [0.25, 0.3) is 10.9 Å². The SMILES string of the molecule is COCCOCc1ccc2cc(C3CCCNCC3)c(C)nc2c1. The van der Waals surface area contributed by atoms with Gasteiger partial charge in [-0.1, -0.05) is 12.1 Å². The molecule has 1 aliphatic heterocycles. The van der Waals surface area contributed by atoms with Gasteiger partial charge in [-0.2, -0.15) is 0 Å². The van der Waals surface area contributed by atoms with E-state index in [1.54, 1.807) is 7.11 Å². The first-order valence-corrected chi connectivity index (χ1v) is 8.95. The molecular weight excluding hydrogens is 300 g/mol. The molecule has 1 aromatic carbocycles. The number of hydrogen-bond acceptors (Lipinski definition) is 4. The molecule has 1 unspecified atom stereocenters. The van der Waals surface area contributed by atoms with Gasteiger partial charge in [0.15, 0.2) is 0 Å². The molecule has 4 heteroatoms. The number of benzene rings is 1. The van der Waals surface area contributed by atoms with Crippen LogP contribution in [0.3, 0.4) is 0 Å². The topological polar surface area (TPSA) is 43.4 Å². The van der Waals surface area contributed by atoms with Gasteiger partial charge in [0, 0.05) is 18.2 Å². The molecule has 0 aliphatic carbocycles. The Hall–Kier alpha value is -1.49. The maximum atomic E-state index is 5.61. The molecule has 2 aromatic rings. The van der Waals surface area contributed by atoms with Crippen molar-refractivity contribution < 1.29 is 9.47 Å². The second-order valence-electron chi connectivity index (χ2n) is 6.61. The highest BCUT2D eigenvalue weighted by atomic mass is 16.5. The number of nitrogens with zero attached hydrogens (tertiary/aromatic N) is 1. The number of methoxy groups -OCH3 is 1. The molecule has 1 N–H and O–H groups in total. The normalized spacial score (nSPS) is 18.7. The molecule has 2 heterocycles. The van der Waals surface area contributed by atoms with Crippen LogP contribution < -0.4 is 5.32 Å². The number of ether oxygens (including phenoxy) is 2. The van der Waals surface area contributed by atoms with Crippen LogP contribution in [0.5, 0.6) is 0 Å². The van der Waals surface area contributed by atoms with Crippen molar-refractivity contribution in [3.8, 4) is 0 Å². The van der Waals surface area contributed by atoms with Crippen molar-refractivity contribution in [2.75, 3.05) is 33.4 Å². The number of aryl methyl sites for hydroxylation is 1. The van der Waals surface area contributed by atoms with Crippen LogP contribution in [0.2, 0.25) is 0 Å². The first-order chi connectivity index (χ1) is 11.8. The summed E-state index contributed by atoms with van der Waals surface area (Å²) in [6.07, 6.45) is 3.71. The highest BCUT2D eigenvalue weighted by Crippen LogP contribution is 2.30. The van der Waals surface area contributed by atoms with Gasteiger partial charge in [-0.05, 0) is 68.5 Å². The van der Waals surface area contributed by atoms with E-state index in [9.17, 15) is 0 Å². The Kier molecular flexibility index (Phi) is 6.18. The van der Waals surface area contributed by atoms with E-state index in [2.05, 4.69) is 36.5 Å². The van der Waals surface area contributed by atoms with Crippen molar-refractivity contribution in [2.24, 2.45) is 0 Å². The van der Waals surface area contributed by atoms with Gasteiger partial charge >= 0.3 is 0 Å². The fourth-order valence-electron chi connectivity index (χ4n) is 3.49. The van der Waals surface area contributed by atoms with Gasteiger partial charge in [-0.25, -0.2) is 0 Å². The predicted molar refractivity (Wildman–Crippen MR) is 97.5 cm³/mol. The Morgan fingerprint density at radius 2 is 2.08 bits per heavy atom. The van der Waals surface area contributed by atoms with Crippen LogP contribution in [0.1, 0.15) is 42.0 Å². The number of fused-ring (bicyclic) bond motifs is 1. The van der Waals surface area contributed by atoms with Crippen molar-refractivity contribution in [3.63, 3.8) is 0 Å². The molecule has 0 bridgehead atoms. The number of hydrogen-bond donors (Lipinski definition) is 1. The van der Waals surface area contributed by atoms with Crippen LogP contribution in [0.15, 0.2) is 24.3 Å². The largest absolute Gasteiger partial charge is 0.382 e. The van der Waals surface area contributed by atoms with Gasteiger partial charge < -0.3 is 14.8 Å². The third kappa shape index (κ3) is 4.32. The molecule has 0 radical (unpaired) electrons. The number of nitrogens with one attached hydrogen (secondary N) is 1. The summed E-state index contributed by atoms with van der Waals surface area (Å²) in [5.41, 5.74) is 4.83. The maximum absolute atomic E-state index is 5.61. The fraction of sp³-hybridized carbons (Fsp3) is 0.550. The van der Waals surface area contributed by atoms with E-state index in [1.165, 1.54) is 35.9 Å². The minimum Gasteiger partial charge on any atom is -0.382 e. The molecule has 24 heavy (non-hydrogen) atoms. The predicted octanol–water partition coefficient (Wildman–Crippen LogP) is 3.56. The Balaban J connectivity index is 1.78. The van der Waals surface area contributed by atoms with E-state index < -0.39 is 0 Å². The van der Waals surface area contributed by atoms with Crippen LogP contribution in [-0.4, -0.2) is 38.4 Å². The Labute approximate surface area is 144 Å². The number of rotatable bonds is 6. The Bertz CT molecular complexity index is 664. The van der Waals surface area contributed by atoms with E-state index in [4.69, 9.17) is 14.5 Å². The second-order valence-corrected chi connectivity index (χ2v) is 6.61. The average molecular weight is 328 g/mol. The first-order valence-electron chi connectivity index (χ1n) is 8.95. The molecule has 1 atom stereocenters. The zero-order chi connectivity index (χ0) is 16.8. The molecule has 1 aromatic heterocycles. The average Bonchev–Trinajstić information content (AvgIpc) is 2.87. The van der Waals surface area contributed by atoms with Gasteiger partial charge in [-0.15, -0.1) is 0 Å². The maximum Gasteiger partial charge on any atom is 0.0718 e. The van der Waals surface area contributed by atoms with Crippen LogP contribution in [-0.2, 0) is 16.1 Å². The van der Waals surface area contributed by atoms with Gasteiger partial charge in [0.25, 0.3) is 0 Å². The smallest absolute Gasteiger partial charge is 0.0718 e. The molecule has 130 valence electrons.